The van der Waals surface area contributed by atoms with Gasteiger partial charge in [-0.25, -0.2) is 9.18 Å². The summed E-state index contributed by atoms with van der Waals surface area (Å²) in [7, 11) is 0. The number of amides is 1. The SMILES string of the molecule is CC[C@@H](Oc1ccccc1)C(=O)O[C@@H](C)C(=O)Nc1ccc(F)cc1Cl. The number of hydrogen-bond donors (Lipinski definition) is 1. The van der Waals surface area contributed by atoms with Gasteiger partial charge in [-0.15, -0.1) is 0 Å². The fourth-order valence-electron chi connectivity index (χ4n) is 2.09. The summed E-state index contributed by atoms with van der Waals surface area (Å²) in [5.41, 5.74) is 0.230. The smallest absolute Gasteiger partial charge is 0.348 e. The van der Waals surface area contributed by atoms with Gasteiger partial charge in [0.2, 0.25) is 0 Å². The minimum atomic E-state index is -1.07. The summed E-state index contributed by atoms with van der Waals surface area (Å²) < 4.78 is 23.8. The van der Waals surface area contributed by atoms with Crippen molar-refractivity contribution in [1.82, 2.24) is 0 Å². The minimum Gasteiger partial charge on any atom is -0.479 e. The molecule has 2 rings (SSSR count). The molecule has 2 aromatic rings. The maximum absolute atomic E-state index is 13.0. The Labute approximate surface area is 156 Å². The van der Waals surface area contributed by atoms with Crippen LogP contribution in [0.1, 0.15) is 20.3 Å². The van der Waals surface area contributed by atoms with Gasteiger partial charge in [-0.2, -0.15) is 0 Å². The fraction of sp³-hybridized carbons (Fsp3) is 0.263. The topological polar surface area (TPSA) is 64.6 Å². The number of anilines is 1. The summed E-state index contributed by atoms with van der Waals surface area (Å²) in [6.07, 6.45) is -1.52. The Morgan fingerprint density at radius 1 is 1.19 bits per heavy atom. The van der Waals surface area contributed by atoms with Crippen LogP contribution in [0.5, 0.6) is 5.75 Å². The molecule has 26 heavy (non-hydrogen) atoms. The molecular formula is C19H19ClFNO4. The van der Waals surface area contributed by atoms with Gasteiger partial charge in [0.05, 0.1) is 10.7 Å². The van der Waals surface area contributed by atoms with Crippen LogP contribution in [0.3, 0.4) is 0 Å². The van der Waals surface area contributed by atoms with Crippen molar-refractivity contribution in [2.45, 2.75) is 32.5 Å². The lowest BCUT2D eigenvalue weighted by atomic mass is 10.2. The number of benzene rings is 2. The number of nitrogens with one attached hydrogen (secondary N) is 1. The molecule has 0 aliphatic carbocycles. The van der Waals surface area contributed by atoms with Crippen molar-refractivity contribution in [3.8, 4) is 5.75 Å². The molecule has 0 spiro atoms. The predicted octanol–water partition coefficient (Wildman–Crippen LogP) is 4.21. The van der Waals surface area contributed by atoms with E-state index in [1.165, 1.54) is 19.1 Å². The van der Waals surface area contributed by atoms with E-state index in [0.29, 0.717) is 12.2 Å². The van der Waals surface area contributed by atoms with Crippen molar-refractivity contribution < 1.29 is 23.5 Å². The Hall–Kier alpha value is -2.60. The van der Waals surface area contributed by atoms with Crippen LogP contribution in [0.2, 0.25) is 5.02 Å². The molecule has 2 atom stereocenters. The maximum Gasteiger partial charge on any atom is 0.348 e. The Morgan fingerprint density at radius 2 is 1.88 bits per heavy atom. The van der Waals surface area contributed by atoms with Crippen LogP contribution in [-0.4, -0.2) is 24.1 Å². The summed E-state index contributed by atoms with van der Waals surface area (Å²) in [4.78, 5) is 24.4. The third-order valence-corrected chi connectivity index (χ3v) is 3.82. The third kappa shape index (κ3) is 5.46. The predicted molar refractivity (Wildman–Crippen MR) is 96.7 cm³/mol. The molecule has 0 heterocycles. The van der Waals surface area contributed by atoms with E-state index in [2.05, 4.69) is 5.32 Å². The van der Waals surface area contributed by atoms with Gasteiger partial charge in [-0.3, -0.25) is 4.79 Å². The lowest BCUT2D eigenvalue weighted by Gasteiger charge is -2.19. The number of esters is 1. The molecule has 0 unspecified atom stereocenters. The van der Waals surface area contributed by atoms with Crippen molar-refractivity contribution in [3.63, 3.8) is 0 Å². The first kappa shape index (κ1) is 19.7. The average molecular weight is 380 g/mol. The molecule has 5 nitrogen and oxygen atoms in total. The first-order valence-electron chi connectivity index (χ1n) is 8.08. The summed E-state index contributed by atoms with van der Waals surface area (Å²) in [5.74, 6) is -1.21. The van der Waals surface area contributed by atoms with Crippen LogP contribution in [0.15, 0.2) is 48.5 Å². The Bertz CT molecular complexity index is 769. The normalized spacial score (nSPS) is 12.8. The quantitative estimate of drug-likeness (QED) is 0.732. The highest BCUT2D eigenvalue weighted by atomic mass is 35.5. The van der Waals surface area contributed by atoms with Gasteiger partial charge >= 0.3 is 5.97 Å². The molecule has 0 saturated heterocycles. The molecule has 7 heteroatoms. The Morgan fingerprint density at radius 3 is 2.50 bits per heavy atom. The zero-order valence-electron chi connectivity index (χ0n) is 14.4. The van der Waals surface area contributed by atoms with Crippen molar-refractivity contribution in [3.05, 3.63) is 59.4 Å². The minimum absolute atomic E-state index is 0.0516. The van der Waals surface area contributed by atoms with Crippen molar-refractivity contribution in [1.29, 1.82) is 0 Å². The number of carbonyl (C=O) groups excluding carboxylic acids is 2. The van der Waals surface area contributed by atoms with E-state index in [1.807, 2.05) is 6.07 Å². The molecule has 1 N–H and O–H groups in total. The van der Waals surface area contributed by atoms with Gasteiger partial charge in [-0.1, -0.05) is 36.7 Å². The second kappa shape index (κ2) is 9.20. The lowest BCUT2D eigenvalue weighted by molar-refractivity contribution is -0.160. The van der Waals surface area contributed by atoms with Crippen LogP contribution in [0, 0.1) is 5.82 Å². The van der Waals surface area contributed by atoms with E-state index in [4.69, 9.17) is 21.1 Å². The van der Waals surface area contributed by atoms with Gasteiger partial charge in [0.15, 0.2) is 12.2 Å². The number of carbonyl (C=O) groups is 2. The molecule has 0 aromatic heterocycles. The van der Waals surface area contributed by atoms with E-state index >= 15 is 0 Å². The highest BCUT2D eigenvalue weighted by Gasteiger charge is 2.25. The van der Waals surface area contributed by atoms with E-state index in [0.717, 1.165) is 6.07 Å². The molecule has 0 aliphatic heterocycles. The number of para-hydroxylation sites is 1. The second-order valence-corrected chi connectivity index (χ2v) is 5.93. The summed E-state index contributed by atoms with van der Waals surface area (Å²) >= 11 is 5.86. The fourth-order valence-corrected chi connectivity index (χ4v) is 2.30. The van der Waals surface area contributed by atoms with Gasteiger partial charge in [0.1, 0.15) is 11.6 Å². The number of rotatable bonds is 7. The standard InChI is InChI=1S/C19H19ClFNO4/c1-3-17(26-14-7-5-4-6-8-14)19(24)25-12(2)18(23)22-16-10-9-13(21)11-15(16)20/h4-12,17H,3H2,1-2H3,(H,22,23)/t12-,17+/m0/s1. The molecule has 0 aliphatic rings. The molecule has 1 amide bonds. The van der Waals surface area contributed by atoms with Crippen molar-refractivity contribution >= 4 is 29.2 Å². The molecule has 0 saturated carbocycles. The van der Waals surface area contributed by atoms with Crippen molar-refractivity contribution in [2.24, 2.45) is 0 Å². The first-order chi connectivity index (χ1) is 12.4. The molecule has 0 fully saturated rings. The third-order valence-electron chi connectivity index (χ3n) is 3.51. The largest absolute Gasteiger partial charge is 0.479 e. The van der Waals surface area contributed by atoms with E-state index in [1.54, 1.807) is 31.2 Å². The summed E-state index contributed by atoms with van der Waals surface area (Å²) in [6, 6.07) is 12.4. The second-order valence-electron chi connectivity index (χ2n) is 5.52. The van der Waals surface area contributed by atoms with Crippen LogP contribution in [0.25, 0.3) is 0 Å². The molecule has 2 aromatic carbocycles. The van der Waals surface area contributed by atoms with Gasteiger partial charge in [-0.05, 0) is 43.7 Å². The summed E-state index contributed by atoms with van der Waals surface area (Å²) in [5, 5.41) is 2.55. The Kier molecular flexibility index (Phi) is 6.97. The highest BCUT2D eigenvalue weighted by Crippen LogP contribution is 2.22. The highest BCUT2D eigenvalue weighted by molar-refractivity contribution is 6.33. The summed E-state index contributed by atoms with van der Waals surface area (Å²) in [6.45, 7) is 3.21. The zero-order chi connectivity index (χ0) is 19.1. The van der Waals surface area contributed by atoms with Crippen LogP contribution in [-0.2, 0) is 14.3 Å². The van der Waals surface area contributed by atoms with Crippen LogP contribution in [0.4, 0.5) is 10.1 Å². The molecule has 138 valence electrons. The number of ether oxygens (including phenoxy) is 2. The van der Waals surface area contributed by atoms with Crippen molar-refractivity contribution in [2.75, 3.05) is 5.32 Å². The molecule has 0 bridgehead atoms. The van der Waals surface area contributed by atoms with E-state index < -0.39 is 29.9 Å². The van der Waals surface area contributed by atoms with Gasteiger partial charge < -0.3 is 14.8 Å². The van der Waals surface area contributed by atoms with Crippen LogP contribution < -0.4 is 10.1 Å². The number of halogens is 2. The zero-order valence-corrected chi connectivity index (χ0v) is 15.1. The first-order valence-corrected chi connectivity index (χ1v) is 8.46. The van der Waals surface area contributed by atoms with Gasteiger partial charge in [0, 0.05) is 0 Å². The van der Waals surface area contributed by atoms with E-state index in [9.17, 15) is 14.0 Å². The Balaban J connectivity index is 1.94. The molecular weight excluding hydrogens is 361 g/mol. The van der Waals surface area contributed by atoms with E-state index in [-0.39, 0.29) is 10.7 Å². The van der Waals surface area contributed by atoms with Crippen LogP contribution >= 0.6 is 11.6 Å². The average Bonchev–Trinajstić information content (AvgIpc) is 2.62. The monoisotopic (exact) mass is 379 g/mol. The maximum atomic E-state index is 13.0. The molecule has 0 radical (unpaired) electrons. The number of hydrogen-bond acceptors (Lipinski definition) is 4. The lowest BCUT2D eigenvalue weighted by Crippen LogP contribution is -2.36. The van der Waals surface area contributed by atoms with Gasteiger partial charge in [0.25, 0.3) is 5.91 Å².